The van der Waals surface area contributed by atoms with Crippen molar-refractivity contribution in [2.45, 2.75) is 80.1 Å². The maximum absolute atomic E-state index is 4.93. The van der Waals surface area contributed by atoms with Gasteiger partial charge in [0.15, 0.2) is 0 Å². The Kier molecular flexibility index (Phi) is 15.8. The number of allylic oxidation sites excluding steroid dienone is 8. The second-order valence-electron chi connectivity index (χ2n) is 19.0. The molecule has 2 fully saturated rings. The topological polar surface area (TPSA) is 0 Å². The van der Waals surface area contributed by atoms with E-state index in [1.807, 2.05) is 0 Å². The third kappa shape index (κ3) is 9.75. The molecule has 2 saturated carbocycles. The Hall–Kier alpha value is -2.70. The Balaban J connectivity index is 0.00000124. The molecule has 0 aromatic heterocycles. The predicted octanol–water partition coefficient (Wildman–Crippen LogP) is 16.2. The van der Waals surface area contributed by atoms with Gasteiger partial charge in [-0.25, -0.2) is 0 Å². The maximum atomic E-state index is 4.93. The van der Waals surface area contributed by atoms with Crippen molar-refractivity contribution in [1.29, 1.82) is 0 Å². The minimum absolute atomic E-state index is 0. The summed E-state index contributed by atoms with van der Waals surface area (Å²) in [4.78, 5) is 0. The van der Waals surface area contributed by atoms with E-state index >= 15 is 0 Å². The van der Waals surface area contributed by atoms with Crippen molar-refractivity contribution in [3.8, 4) is 0 Å². The van der Waals surface area contributed by atoms with E-state index in [9.17, 15) is 0 Å². The first kappa shape index (κ1) is 46.4. The number of hydrogen-bond donors (Lipinski definition) is 0. The molecule has 4 aromatic carbocycles. The van der Waals surface area contributed by atoms with Crippen LogP contribution in [-0.4, -0.2) is 0 Å². The van der Waals surface area contributed by atoms with Gasteiger partial charge in [-0.15, -0.1) is 0 Å². The molecule has 58 heavy (non-hydrogen) atoms. The Labute approximate surface area is 372 Å². The van der Waals surface area contributed by atoms with Crippen LogP contribution in [0.3, 0.4) is 0 Å². The average Bonchev–Trinajstić information content (AvgIpc) is 3.85. The summed E-state index contributed by atoms with van der Waals surface area (Å²) >= 11 is -0.826. The van der Waals surface area contributed by atoms with Gasteiger partial charge in [0.25, 0.3) is 0 Å². The van der Waals surface area contributed by atoms with Gasteiger partial charge in [0.2, 0.25) is 0 Å². The van der Waals surface area contributed by atoms with Crippen LogP contribution in [0.2, 0.25) is 0 Å². The third-order valence-corrected chi connectivity index (χ3v) is 13.5. The third-order valence-electron chi connectivity index (χ3n) is 13.5. The SMILES string of the molecule is CC(C)(C)C1=CC2C3C=C(C(C)(C)C)C(c4ccccc4)=CC3C(C(Cc3ccccc3)(Cc3ccccc3)C3CCCC3)C2C=C1c1ccccc1.[CH3-].[CH3-].[Cl][Zr+2][Cl]. The first-order valence-corrected chi connectivity index (χ1v) is 27.3. The van der Waals surface area contributed by atoms with Gasteiger partial charge >= 0.3 is 37.9 Å². The van der Waals surface area contributed by atoms with Crippen molar-refractivity contribution in [3.05, 3.63) is 194 Å². The molecule has 4 unspecified atom stereocenters. The standard InChI is InChI=1S/C53H60.2CH3.2ClH.Zr/c1-51(2,3)48-33-44-45-34-49(52(4,5)6)43(40-27-17-10-18-28-40)32-47(45)50(46(44)31-42(48)39-25-15-9-16-26-39)53(41-29-19-20-30-41,35-37-21-11-7-12-22-37)36-38-23-13-8-14-24-38;;;;;/h7-18,21-28,31-34,41,44-47,50H,19-20,29-30,35-36H2,1-6H3;2*1H3;2*1H;/q;2*-1;;;+4/p-2. The Bertz CT molecular complexity index is 1890. The van der Waals surface area contributed by atoms with Gasteiger partial charge in [0.1, 0.15) is 0 Å². The quantitative estimate of drug-likeness (QED) is 0.155. The molecule has 4 aliphatic carbocycles. The fourth-order valence-electron chi connectivity index (χ4n) is 11.4. The molecule has 0 spiro atoms. The summed E-state index contributed by atoms with van der Waals surface area (Å²) in [5.74, 6) is 2.92. The molecule has 0 saturated heterocycles. The van der Waals surface area contributed by atoms with Crippen molar-refractivity contribution in [2.24, 2.45) is 51.8 Å². The van der Waals surface area contributed by atoms with E-state index in [1.165, 1.54) is 70.2 Å². The Morgan fingerprint density at radius 3 is 1.14 bits per heavy atom. The molecule has 4 aliphatic rings. The van der Waals surface area contributed by atoms with E-state index in [0.717, 1.165) is 12.8 Å². The first-order valence-electron chi connectivity index (χ1n) is 21.0. The fourth-order valence-corrected chi connectivity index (χ4v) is 11.4. The normalized spacial score (nSPS) is 22.9. The molecule has 0 N–H and O–H groups in total. The van der Waals surface area contributed by atoms with E-state index in [-0.39, 0.29) is 31.1 Å². The van der Waals surface area contributed by atoms with Gasteiger partial charge in [-0.05, 0) is 122 Å². The van der Waals surface area contributed by atoms with Gasteiger partial charge in [0.05, 0.1) is 0 Å². The molecule has 304 valence electrons. The zero-order chi connectivity index (χ0) is 39.5. The van der Waals surface area contributed by atoms with E-state index in [0.29, 0.717) is 35.5 Å². The van der Waals surface area contributed by atoms with Crippen LogP contribution in [0.15, 0.2) is 157 Å². The number of benzene rings is 4. The summed E-state index contributed by atoms with van der Waals surface area (Å²) < 4.78 is 0. The molecule has 0 radical (unpaired) electrons. The van der Waals surface area contributed by atoms with Crippen LogP contribution in [0.1, 0.15) is 89.5 Å². The monoisotopic (exact) mass is 886 g/mol. The molecule has 0 heterocycles. The Morgan fingerprint density at radius 1 is 0.483 bits per heavy atom. The molecule has 0 amide bonds. The average molecular weight is 889 g/mol. The number of hydrogen-bond acceptors (Lipinski definition) is 0. The summed E-state index contributed by atoms with van der Waals surface area (Å²) in [6.07, 6.45) is 18.9. The molecule has 4 atom stereocenters. The van der Waals surface area contributed by atoms with E-state index < -0.39 is 20.8 Å². The molecule has 3 heteroatoms. The summed E-state index contributed by atoms with van der Waals surface area (Å²) in [5.41, 5.74) is 11.9. The zero-order valence-corrected chi connectivity index (χ0v) is 40.3. The summed E-state index contributed by atoms with van der Waals surface area (Å²) in [5, 5.41) is 0. The predicted molar refractivity (Wildman–Crippen MR) is 251 cm³/mol. The molecule has 8 rings (SSSR count). The van der Waals surface area contributed by atoms with E-state index in [1.54, 1.807) is 0 Å². The van der Waals surface area contributed by atoms with Crippen LogP contribution in [0.4, 0.5) is 0 Å². The molecule has 0 nitrogen and oxygen atoms in total. The summed E-state index contributed by atoms with van der Waals surface area (Å²) in [7, 11) is 9.87. The second-order valence-corrected chi connectivity index (χ2v) is 22.7. The van der Waals surface area contributed by atoms with Crippen molar-refractivity contribution in [2.75, 3.05) is 0 Å². The van der Waals surface area contributed by atoms with Crippen LogP contribution in [0, 0.1) is 66.6 Å². The van der Waals surface area contributed by atoms with Gasteiger partial charge in [-0.3, -0.25) is 0 Å². The van der Waals surface area contributed by atoms with E-state index in [4.69, 9.17) is 17.0 Å². The molecular formula is C55H66Cl2Zr. The fraction of sp³-hybridized carbons (Fsp3) is 0.382. The van der Waals surface area contributed by atoms with Gasteiger partial charge in [-0.1, -0.05) is 200 Å². The van der Waals surface area contributed by atoms with Crippen molar-refractivity contribution in [3.63, 3.8) is 0 Å². The summed E-state index contributed by atoms with van der Waals surface area (Å²) in [6, 6.07) is 45.9. The molecular weight excluding hydrogens is 823 g/mol. The Morgan fingerprint density at radius 2 is 0.810 bits per heavy atom. The van der Waals surface area contributed by atoms with Crippen LogP contribution in [0.5, 0.6) is 0 Å². The van der Waals surface area contributed by atoms with Crippen molar-refractivity contribution < 1.29 is 20.8 Å². The van der Waals surface area contributed by atoms with Crippen LogP contribution in [0.25, 0.3) is 11.1 Å². The van der Waals surface area contributed by atoms with Gasteiger partial charge < -0.3 is 14.9 Å². The first-order chi connectivity index (χ1) is 26.9. The van der Waals surface area contributed by atoms with Gasteiger partial charge in [-0.2, -0.15) is 0 Å². The number of rotatable bonds is 8. The molecule has 0 aliphatic heterocycles. The van der Waals surface area contributed by atoms with Crippen molar-refractivity contribution in [1.82, 2.24) is 0 Å². The van der Waals surface area contributed by atoms with Crippen molar-refractivity contribution >= 4 is 28.2 Å². The number of halogens is 2. The van der Waals surface area contributed by atoms with Crippen LogP contribution < -0.4 is 0 Å². The molecule has 4 aromatic rings. The van der Waals surface area contributed by atoms with Gasteiger partial charge in [0, 0.05) is 0 Å². The van der Waals surface area contributed by atoms with E-state index in [2.05, 4.69) is 187 Å². The van der Waals surface area contributed by atoms with Crippen LogP contribution >= 0.6 is 17.0 Å². The second kappa shape index (κ2) is 19.8. The number of fused-ring (bicyclic) bond motifs is 3. The minimum atomic E-state index is -0.826. The zero-order valence-electron chi connectivity index (χ0n) is 36.3. The van der Waals surface area contributed by atoms with Crippen LogP contribution in [-0.2, 0) is 33.7 Å². The summed E-state index contributed by atoms with van der Waals surface area (Å²) in [6.45, 7) is 14.6. The molecule has 0 bridgehead atoms.